The highest BCUT2D eigenvalue weighted by Crippen LogP contribution is 2.26. The third kappa shape index (κ3) is 2.41. The molecule has 0 aliphatic carbocycles. The van der Waals surface area contributed by atoms with Gasteiger partial charge >= 0.3 is 0 Å². The van der Waals surface area contributed by atoms with Crippen LogP contribution in [0.1, 0.15) is 18.4 Å². The number of hydrogen-bond acceptors (Lipinski definition) is 4. The minimum atomic E-state index is 0.163. The SMILES string of the molecule is CC1CC(C(N)Cc2nc3ccccc3s2)CO1. The Balaban J connectivity index is 1.71. The fraction of sp³-hybridized carbons (Fsp3) is 0.500. The predicted molar refractivity (Wildman–Crippen MR) is 74.8 cm³/mol. The molecular weight excluding hydrogens is 244 g/mol. The highest BCUT2D eigenvalue weighted by atomic mass is 32.1. The topological polar surface area (TPSA) is 48.1 Å². The summed E-state index contributed by atoms with van der Waals surface area (Å²) >= 11 is 1.75. The summed E-state index contributed by atoms with van der Waals surface area (Å²) in [5.74, 6) is 0.479. The molecule has 2 heterocycles. The Morgan fingerprint density at radius 2 is 2.33 bits per heavy atom. The van der Waals surface area contributed by atoms with E-state index in [-0.39, 0.29) is 6.04 Å². The number of benzene rings is 1. The normalized spacial score (nSPS) is 25.7. The van der Waals surface area contributed by atoms with Crippen molar-refractivity contribution in [3.63, 3.8) is 0 Å². The van der Waals surface area contributed by atoms with E-state index in [2.05, 4.69) is 30.1 Å². The monoisotopic (exact) mass is 262 g/mol. The first-order valence-corrected chi connectivity index (χ1v) is 7.25. The molecule has 0 radical (unpaired) electrons. The van der Waals surface area contributed by atoms with E-state index >= 15 is 0 Å². The van der Waals surface area contributed by atoms with Crippen molar-refractivity contribution in [2.75, 3.05) is 6.61 Å². The zero-order valence-corrected chi connectivity index (χ0v) is 11.3. The second-order valence-electron chi connectivity index (χ2n) is 5.08. The highest BCUT2D eigenvalue weighted by molar-refractivity contribution is 7.18. The summed E-state index contributed by atoms with van der Waals surface area (Å²) in [5, 5.41) is 1.14. The van der Waals surface area contributed by atoms with Crippen molar-refractivity contribution in [2.45, 2.75) is 31.9 Å². The maximum absolute atomic E-state index is 6.28. The van der Waals surface area contributed by atoms with Gasteiger partial charge in [-0.15, -0.1) is 11.3 Å². The fourth-order valence-electron chi connectivity index (χ4n) is 2.52. The maximum atomic E-state index is 6.28. The number of hydrogen-bond donors (Lipinski definition) is 1. The molecule has 1 aromatic heterocycles. The van der Waals surface area contributed by atoms with Gasteiger partial charge in [0.05, 0.1) is 27.9 Å². The van der Waals surface area contributed by atoms with E-state index < -0.39 is 0 Å². The first-order chi connectivity index (χ1) is 8.72. The maximum Gasteiger partial charge on any atom is 0.0954 e. The number of rotatable bonds is 3. The third-order valence-corrected chi connectivity index (χ3v) is 4.64. The molecule has 18 heavy (non-hydrogen) atoms. The Hall–Kier alpha value is -0.970. The van der Waals surface area contributed by atoms with E-state index in [9.17, 15) is 0 Å². The van der Waals surface area contributed by atoms with Crippen molar-refractivity contribution in [1.82, 2.24) is 4.98 Å². The van der Waals surface area contributed by atoms with Crippen molar-refractivity contribution in [3.8, 4) is 0 Å². The van der Waals surface area contributed by atoms with Crippen molar-refractivity contribution < 1.29 is 4.74 Å². The van der Waals surface area contributed by atoms with Gasteiger partial charge in [0.15, 0.2) is 0 Å². The smallest absolute Gasteiger partial charge is 0.0954 e. The van der Waals surface area contributed by atoms with E-state index in [0.29, 0.717) is 12.0 Å². The van der Waals surface area contributed by atoms with Gasteiger partial charge in [0.25, 0.3) is 0 Å². The molecular formula is C14H18N2OS. The summed E-state index contributed by atoms with van der Waals surface area (Å²) in [6.07, 6.45) is 2.29. The van der Waals surface area contributed by atoms with Crippen LogP contribution in [0.4, 0.5) is 0 Å². The number of thiazole rings is 1. The molecule has 2 aromatic rings. The van der Waals surface area contributed by atoms with Crippen molar-refractivity contribution in [3.05, 3.63) is 29.3 Å². The molecule has 3 unspecified atom stereocenters. The van der Waals surface area contributed by atoms with Gasteiger partial charge < -0.3 is 10.5 Å². The van der Waals surface area contributed by atoms with Crippen LogP contribution in [0.5, 0.6) is 0 Å². The molecule has 1 aliphatic heterocycles. The fourth-order valence-corrected chi connectivity index (χ4v) is 3.56. The minimum absolute atomic E-state index is 0.163. The molecule has 0 saturated carbocycles. The lowest BCUT2D eigenvalue weighted by molar-refractivity contribution is 0.118. The number of fused-ring (bicyclic) bond motifs is 1. The molecule has 0 spiro atoms. The van der Waals surface area contributed by atoms with Gasteiger partial charge in [-0.1, -0.05) is 12.1 Å². The average Bonchev–Trinajstić information content (AvgIpc) is 2.94. The summed E-state index contributed by atoms with van der Waals surface area (Å²) in [6.45, 7) is 2.91. The zero-order chi connectivity index (χ0) is 12.5. The Labute approximate surface area is 111 Å². The summed E-state index contributed by atoms with van der Waals surface area (Å²) in [4.78, 5) is 4.64. The molecule has 0 amide bonds. The number of aromatic nitrogens is 1. The van der Waals surface area contributed by atoms with Gasteiger partial charge in [-0.25, -0.2) is 4.98 Å². The molecule has 3 atom stereocenters. The van der Waals surface area contributed by atoms with Crippen LogP contribution in [-0.2, 0) is 11.2 Å². The first kappa shape index (κ1) is 12.1. The van der Waals surface area contributed by atoms with E-state index in [1.54, 1.807) is 11.3 Å². The lowest BCUT2D eigenvalue weighted by atomic mass is 9.95. The minimum Gasteiger partial charge on any atom is -0.378 e. The number of para-hydroxylation sites is 1. The Kier molecular flexibility index (Phi) is 3.33. The second-order valence-corrected chi connectivity index (χ2v) is 6.20. The van der Waals surface area contributed by atoms with Crippen LogP contribution in [0.25, 0.3) is 10.2 Å². The standard InChI is InChI=1S/C14H18N2OS/c1-9-6-10(8-17-9)11(15)7-14-16-12-4-2-3-5-13(12)18-14/h2-5,9-11H,6-8,15H2,1H3. The van der Waals surface area contributed by atoms with Gasteiger partial charge in [-0.2, -0.15) is 0 Å². The van der Waals surface area contributed by atoms with Crippen molar-refractivity contribution >= 4 is 21.6 Å². The summed E-state index contributed by atoms with van der Waals surface area (Å²) < 4.78 is 6.83. The van der Waals surface area contributed by atoms with Crippen LogP contribution >= 0.6 is 11.3 Å². The van der Waals surface area contributed by atoms with Gasteiger partial charge in [-0.05, 0) is 25.5 Å². The Bertz CT molecular complexity index is 506. The van der Waals surface area contributed by atoms with Crippen LogP contribution in [0.2, 0.25) is 0 Å². The number of ether oxygens (including phenoxy) is 1. The van der Waals surface area contributed by atoms with Gasteiger partial charge in [0.2, 0.25) is 0 Å². The zero-order valence-electron chi connectivity index (χ0n) is 10.5. The second kappa shape index (κ2) is 4.96. The van der Waals surface area contributed by atoms with E-state index in [1.165, 1.54) is 4.70 Å². The molecule has 1 aliphatic rings. The van der Waals surface area contributed by atoms with Crippen molar-refractivity contribution in [1.29, 1.82) is 0 Å². The van der Waals surface area contributed by atoms with Gasteiger partial charge in [-0.3, -0.25) is 0 Å². The van der Waals surface area contributed by atoms with Crippen LogP contribution in [0.15, 0.2) is 24.3 Å². The van der Waals surface area contributed by atoms with Gasteiger partial charge in [0.1, 0.15) is 0 Å². The van der Waals surface area contributed by atoms with Crippen LogP contribution in [-0.4, -0.2) is 23.7 Å². The molecule has 96 valence electrons. The first-order valence-electron chi connectivity index (χ1n) is 6.44. The third-order valence-electron chi connectivity index (χ3n) is 3.58. The lowest BCUT2D eigenvalue weighted by Gasteiger charge is -2.15. The number of nitrogens with zero attached hydrogens (tertiary/aromatic N) is 1. The summed E-state index contributed by atoms with van der Waals surface area (Å²) in [7, 11) is 0. The largest absolute Gasteiger partial charge is 0.378 e. The molecule has 1 aromatic carbocycles. The summed E-state index contributed by atoms with van der Waals surface area (Å²) in [5.41, 5.74) is 7.37. The Morgan fingerprint density at radius 1 is 1.50 bits per heavy atom. The molecule has 1 fully saturated rings. The summed E-state index contributed by atoms with van der Waals surface area (Å²) in [6, 6.07) is 8.41. The number of nitrogens with two attached hydrogens (primary N) is 1. The highest BCUT2D eigenvalue weighted by Gasteiger charge is 2.27. The quantitative estimate of drug-likeness (QED) is 0.925. The molecule has 4 heteroatoms. The molecule has 0 bridgehead atoms. The molecule has 3 rings (SSSR count). The lowest BCUT2D eigenvalue weighted by Crippen LogP contribution is -2.32. The van der Waals surface area contributed by atoms with E-state index in [4.69, 9.17) is 10.5 Å². The molecule has 3 nitrogen and oxygen atoms in total. The van der Waals surface area contributed by atoms with Crippen LogP contribution in [0, 0.1) is 5.92 Å². The molecule has 1 saturated heterocycles. The van der Waals surface area contributed by atoms with Crippen LogP contribution < -0.4 is 5.73 Å². The van der Waals surface area contributed by atoms with Crippen molar-refractivity contribution in [2.24, 2.45) is 11.7 Å². The van der Waals surface area contributed by atoms with E-state index in [0.717, 1.165) is 30.0 Å². The van der Waals surface area contributed by atoms with Crippen LogP contribution in [0.3, 0.4) is 0 Å². The van der Waals surface area contributed by atoms with Gasteiger partial charge in [0, 0.05) is 18.4 Å². The Morgan fingerprint density at radius 3 is 3.06 bits per heavy atom. The average molecular weight is 262 g/mol. The predicted octanol–water partition coefficient (Wildman–Crippen LogP) is 2.59. The van der Waals surface area contributed by atoms with E-state index in [1.807, 2.05) is 6.07 Å². The molecule has 2 N–H and O–H groups in total.